The Hall–Kier alpha value is -1.81. The van der Waals surface area contributed by atoms with Crippen molar-refractivity contribution in [1.82, 2.24) is 10.2 Å². The first-order valence-electron chi connectivity index (χ1n) is 9.80. The number of halogens is 6. The lowest BCUT2D eigenvalue weighted by atomic mass is 9.89. The Bertz CT molecular complexity index is 738. The summed E-state index contributed by atoms with van der Waals surface area (Å²) >= 11 is 0. The van der Waals surface area contributed by atoms with E-state index in [2.05, 4.69) is 5.32 Å². The molecule has 1 aliphatic heterocycles. The number of nitrogens with zero attached hydrogens (tertiary/aromatic N) is 1. The fourth-order valence-electron chi connectivity index (χ4n) is 3.90. The molecule has 1 unspecified atom stereocenters. The number of benzene rings is 1. The molecule has 0 aromatic heterocycles. The molecule has 10 heteroatoms. The maximum atomic E-state index is 13.2. The molecule has 30 heavy (non-hydrogen) atoms. The average molecular weight is 438 g/mol. The summed E-state index contributed by atoms with van der Waals surface area (Å²) in [4.78, 5) is 13.9. The molecule has 2 aliphatic rings. The number of aliphatic hydroxyl groups is 1. The van der Waals surface area contributed by atoms with Crippen molar-refractivity contribution >= 4 is 5.91 Å². The summed E-state index contributed by atoms with van der Waals surface area (Å²) in [6.07, 6.45) is -10.6. The topological polar surface area (TPSA) is 52.6 Å². The SMILES string of the molecule is O=C(NCC(Cc1ccccc1)N1CCC(O)(C(F)(F)F)CC1)C1(C(F)(F)F)CC1. The average Bonchev–Trinajstić information content (AvgIpc) is 3.48. The number of amides is 1. The van der Waals surface area contributed by atoms with Gasteiger partial charge in [-0.25, -0.2) is 0 Å². The van der Waals surface area contributed by atoms with Crippen LogP contribution in [-0.2, 0) is 11.2 Å². The normalized spacial score (nSPS) is 22.4. The summed E-state index contributed by atoms with van der Waals surface area (Å²) in [6, 6.07) is 8.49. The predicted molar refractivity (Wildman–Crippen MR) is 96.5 cm³/mol. The molecule has 0 bridgehead atoms. The van der Waals surface area contributed by atoms with Crippen LogP contribution in [0.3, 0.4) is 0 Å². The number of piperidine rings is 1. The van der Waals surface area contributed by atoms with Gasteiger partial charge in [0.25, 0.3) is 0 Å². The molecule has 1 saturated carbocycles. The summed E-state index contributed by atoms with van der Waals surface area (Å²) in [7, 11) is 0. The van der Waals surface area contributed by atoms with Gasteiger partial charge in [-0.2, -0.15) is 26.3 Å². The van der Waals surface area contributed by atoms with Crippen LogP contribution in [-0.4, -0.2) is 59.5 Å². The smallest absolute Gasteiger partial charge is 0.380 e. The van der Waals surface area contributed by atoms with E-state index in [4.69, 9.17) is 0 Å². The standard InChI is InChI=1S/C20H24F6N2O2/c21-19(22,23)17(6-7-17)16(29)27-13-15(12-14-4-2-1-3-5-14)28-10-8-18(30,9-11-28)20(24,25)26/h1-5,15,30H,6-13H2,(H,27,29). The largest absolute Gasteiger partial charge is 0.417 e. The van der Waals surface area contributed by atoms with Crippen LogP contribution >= 0.6 is 0 Å². The van der Waals surface area contributed by atoms with Crippen LogP contribution in [0.2, 0.25) is 0 Å². The molecule has 1 saturated heterocycles. The zero-order chi connectivity index (χ0) is 22.2. The number of hydrogen-bond acceptors (Lipinski definition) is 3. The van der Waals surface area contributed by atoms with Gasteiger partial charge in [-0.05, 0) is 37.7 Å². The molecule has 1 amide bonds. The highest BCUT2D eigenvalue weighted by Crippen LogP contribution is 2.57. The third-order valence-electron chi connectivity index (χ3n) is 6.21. The zero-order valence-electron chi connectivity index (χ0n) is 16.2. The fourth-order valence-corrected chi connectivity index (χ4v) is 3.90. The number of likely N-dealkylation sites (tertiary alicyclic amines) is 1. The molecule has 1 atom stereocenters. The van der Waals surface area contributed by atoms with Gasteiger partial charge >= 0.3 is 12.4 Å². The molecule has 1 aromatic rings. The Morgan fingerprint density at radius 2 is 1.57 bits per heavy atom. The van der Waals surface area contributed by atoms with Crippen LogP contribution in [0.5, 0.6) is 0 Å². The second-order valence-electron chi connectivity index (χ2n) is 8.20. The molecule has 2 fully saturated rings. The maximum Gasteiger partial charge on any atom is 0.417 e. The lowest BCUT2D eigenvalue weighted by molar-refractivity contribution is -0.273. The molecule has 1 heterocycles. The number of nitrogens with one attached hydrogen (secondary N) is 1. The Labute approximate surface area is 170 Å². The number of carbonyl (C=O) groups is 1. The second kappa shape index (κ2) is 8.03. The van der Waals surface area contributed by atoms with Gasteiger partial charge in [0.05, 0.1) is 0 Å². The Kier molecular flexibility index (Phi) is 6.12. The van der Waals surface area contributed by atoms with Crippen molar-refractivity contribution in [2.75, 3.05) is 19.6 Å². The van der Waals surface area contributed by atoms with E-state index in [0.717, 1.165) is 5.56 Å². The number of hydrogen-bond donors (Lipinski definition) is 2. The first kappa shape index (κ1) is 22.9. The molecule has 0 radical (unpaired) electrons. The minimum Gasteiger partial charge on any atom is -0.380 e. The van der Waals surface area contributed by atoms with Crippen LogP contribution < -0.4 is 5.32 Å². The van der Waals surface area contributed by atoms with Crippen molar-refractivity contribution in [1.29, 1.82) is 0 Å². The Balaban J connectivity index is 1.68. The van der Waals surface area contributed by atoms with Gasteiger partial charge in [-0.15, -0.1) is 0 Å². The summed E-state index contributed by atoms with van der Waals surface area (Å²) in [5.74, 6) is -1.09. The van der Waals surface area contributed by atoms with E-state index in [1.165, 1.54) is 0 Å². The van der Waals surface area contributed by atoms with E-state index >= 15 is 0 Å². The van der Waals surface area contributed by atoms with Gasteiger partial charge in [0.1, 0.15) is 5.41 Å². The van der Waals surface area contributed by atoms with E-state index in [0.29, 0.717) is 6.42 Å². The van der Waals surface area contributed by atoms with Crippen LogP contribution in [0.25, 0.3) is 0 Å². The molecular formula is C20H24F6N2O2. The third kappa shape index (κ3) is 4.59. The van der Waals surface area contributed by atoms with E-state index in [9.17, 15) is 36.2 Å². The van der Waals surface area contributed by atoms with E-state index in [1.807, 2.05) is 12.1 Å². The van der Waals surface area contributed by atoms with Gasteiger partial charge in [0.15, 0.2) is 5.60 Å². The first-order valence-corrected chi connectivity index (χ1v) is 9.80. The molecule has 4 nitrogen and oxygen atoms in total. The highest BCUT2D eigenvalue weighted by Gasteiger charge is 2.68. The Morgan fingerprint density at radius 3 is 2.03 bits per heavy atom. The highest BCUT2D eigenvalue weighted by molar-refractivity contribution is 5.86. The van der Waals surface area contributed by atoms with Gasteiger partial charge in [-0.1, -0.05) is 30.3 Å². The molecule has 1 aliphatic carbocycles. The predicted octanol–water partition coefficient (Wildman–Crippen LogP) is 3.45. The summed E-state index contributed by atoms with van der Waals surface area (Å²) in [6.45, 7) is -0.266. The van der Waals surface area contributed by atoms with Crippen molar-refractivity contribution in [2.45, 2.75) is 56.1 Å². The van der Waals surface area contributed by atoms with Crippen LogP contribution in [0.1, 0.15) is 31.2 Å². The van der Waals surface area contributed by atoms with Crippen molar-refractivity contribution < 1.29 is 36.2 Å². The van der Waals surface area contributed by atoms with Crippen molar-refractivity contribution in [3.05, 3.63) is 35.9 Å². The minimum absolute atomic E-state index is 0.0756. The van der Waals surface area contributed by atoms with Gasteiger partial charge in [0, 0.05) is 25.7 Å². The maximum absolute atomic E-state index is 13.2. The third-order valence-corrected chi connectivity index (χ3v) is 6.21. The quantitative estimate of drug-likeness (QED) is 0.670. The molecule has 2 N–H and O–H groups in total. The van der Waals surface area contributed by atoms with E-state index < -0.39 is 48.2 Å². The fraction of sp³-hybridized carbons (Fsp3) is 0.650. The van der Waals surface area contributed by atoms with Gasteiger partial charge in [0.2, 0.25) is 5.91 Å². The monoisotopic (exact) mass is 438 g/mol. The van der Waals surface area contributed by atoms with Crippen LogP contribution in [0.4, 0.5) is 26.3 Å². The summed E-state index contributed by atoms with van der Waals surface area (Å²) in [5.41, 5.74) is -4.26. The molecule has 0 spiro atoms. The number of carbonyl (C=O) groups excluding carboxylic acids is 1. The number of alkyl halides is 6. The lowest BCUT2D eigenvalue weighted by Crippen LogP contribution is -2.57. The van der Waals surface area contributed by atoms with Crippen LogP contribution in [0.15, 0.2) is 30.3 Å². The minimum atomic E-state index is -4.74. The summed E-state index contributed by atoms with van der Waals surface area (Å²) in [5, 5.41) is 12.2. The zero-order valence-corrected chi connectivity index (χ0v) is 16.2. The van der Waals surface area contributed by atoms with Crippen molar-refractivity contribution in [3.8, 4) is 0 Å². The molecule has 168 valence electrons. The summed E-state index contributed by atoms with van der Waals surface area (Å²) < 4.78 is 78.7. The first-order chi connectivity index (χ1) is 13.9. The second-order valence-corrected chi connectivity index (χ2v) is 8.20. The van der Waals surface area contributed by atoms with E-state index in [-0.39, 0.29) is 32.5 Å². The van der Waals surface area contributed by atoms with Crippen molar-refractivity contribution in [2.24, 2.45) is 5.41 Å². The van der Waals surface area contributed by atoms with Gasteiger partial charge < -0.3 is 10.4 Å². The van der Waals surface area contributed by atoms with Crippen LogP contribution in [0, 0.1) is 5.41 Å². The Morgan fingerprint density at radius 1 is 1.00 bits per heavy atom. The molecule has 3 rings (SSSR count). The van der Waals surface area contributed by atoms with Crippen molar-refractivity contribution in [3.63, 3.8) is 0 Å². The lowest BCUT2D eigenvalue weighted by Gasteiger charge is -2.42. The molecule has 1 aromatic carbocycles. The molecular weight excluding hydrogens is 414 g/mol. The van der Waals surface area contributed by atoms with Gasteiger partial charge in [-0.3, -0.25) is 9.69 Å². The highest BCUT2D eigenvalue weighted by atomic mass is 19.4. The van der Waals surface area contributed by atoms with E-state index in [1.54, 1.807) is 23.1 Å². The number of rotatable bonds is 6.